The van der Waals surface area contributed by atoms with Gasteiger partial charge in [-0.1, -0.05) is 46.1 Å². The van der Waals surface area contributed by atoms with Gasteiger partial charge in [0.05, 0.1) is 4.92 Å². The molecular weight excluding hydrogens is 252 g/mol. The Kier molecular flexibility index (Phi) is 5.99. The highest BCUT2D eigenvalue weighted by molar-refractivity contribution is 5.54. The summed E-state index contributed by atoms with van der Waals surface area (Å²) in [4.78, 5) is 10.6. The Hall–Kier alpha value is -1.58. The first kappa shape index (κ1) is 16.5. The van der Waals surface area contributed by atoms with Crippen LogP contribution in [0.15, 0.2) is 18.2 Å². The molecule has 0 saturated carbocycles. The zero-order valence-corrected chi connectivity index (χ0v) is 13.0. The number of nitrogens with zero attached hydrogens (tertiary/aromatic N) is 1. The topological polar surface area (TPSA) is 55.2 Å². The molecule has 20 heavy (non-hydrogen) atoms. The molecule has 1 aromatic carbocycles. The fourth-order valence-corrected chi connectivity index (χ4v) is 2.20. The molecule has 4 nitrogen and oxygen atoms in total. The molecule has 0 bridgehead atoms. The average Bonchev–Trinajstić information content (AvgIpc) is 2.37. The number of nitro benzene ring substituents is 1. The van der Waals surface area contributed by atoms with Crippen molar-refractivity contribution in [3.05, 3.63) is 33.9 Å². The fourth-order valence-electron chi connectivity index (χ4n) is 2.20. The van der Waals surface area contributed by atoms with Crippen molar-refractivity contribution < 1.29 is 4.92 Å². The number of aryl methyl sites for hydroxylation is 1. The molecule has 0 fully saturated rings. The molecule has 4 heteroatoms. The maximum absolute atomic E-state index is 10.9. The van der Waals surface area contributed by atoms with Crippen molar-refractivity contribution in [2.75, 3.05) is 11.9 Å². The Morgan fingerprint density at radius 1 is 1.30 bits per heavy atom. The number of hydrogen-bond donors (Lipinski definition) is 1. The van der Waals surface area contributed by atoms with Crippen molar-refractivity contribution in [3.8, 4) is 0 Å². The lowest BCUT2D eigenvalue weighted by atomic mass is 9.87. The number of nitrogens with one attached hydrogen (secondary N) is 1. The van der Waals surface area contributed by atoms with Crippen LogP contribution in [0, 0.1) is 22.5 Å². The predicted molar refractivity (Wildman–Crippen MR) is 84.2 cm³/mol. The van der Waals surface area contributed by atoms with E-state index in [0.717, 1.165) is 12.2 Å². The Balaban J connectivity index is 2.61. The molecule has 0 heterocycles. The summed E-state index contributed by atoms with van der Waals surface area (Å²) >= 11 is 0. The molecule has 0 unspecified atom stereocenters. The summed E-state index contributed by atoms with van der Waals surface area (Å²) in [6, 6.07) is 5.33. The molecule has 112 valence electrons. The highest BCUT2D eigenvalue weighted by Crippen LogP contribution is 2.26. The molecule has 1 rings (SSSR count). The van der Waals surface area contributed by atoms with E-state index in [1.165, 1.54) is 25.7 Å². The van der Waals surface area contributed by atoms with Gasteiger partial charge < -0.3 is 5.32 Å². The second-order valence-electron chi connectivity index (χ2n) is 6.23. The number of unbranched alkanes of at least 4 members (excludes halogenated alkanes) is 2. The van der Waals surface area contributed by atoms with E-state index in [2.05, 4.69) is 26.1 Å². The van der Waals surface area contributed by atoms with Crippen LogP contribution in [0.25, 0.3) is 0 Å². The number of hydrogen-bond acceptors (Lipinski definition) is 3. The molecule has 1 aromatic rings. The van der Waals surface area contributed by atoms with Crippen molar-refractivity contribution in [1.82, 2.24) is 0 Å². The molecule has 0 aliphatic rings. The third kappa shape index (κ3) is 5.19. The molecule has 0 radical (unpaired) electrons. The van der Waals surface area contributed by atoms with E-state index < -0.39 is 0 Å². The van der Waals surface area contributed by atoms with Crippen LogP contribution in [-0.4, -0.2) is 11.5 Å². The van der Waals surface area contributed by atoms with Crippen LogP contribution in [-0.2, 0) is 0 Å². The first-order chi connectivity index (χ1) is 9.35. The van der Waals surface area contributed by atoms with Gasteiger partial charge in [-0.05, 0) is 24.8 Å². The normalized spacial score (nSPS) is 11.4. The van der Waals surface area contributed by atoms with Gasteiger partial charge in [0.1, 0.15) is 0 Å². The van der Waals surface area contributed by atoms with Crippen LogP contribution in [0.3, 0.4) is 0 Å². The molecule has 1 N–H and O–H groups in total. The van der Waals surface area contributed by atoms with Crippen molar-refractivity contribution in [3.63, 3.8) is 0 Å². The van der Waals surface area contributed by atoms with Crippen LogP contribution in [0.4, 0.5) is 11.4 Å². The minimum Gasteiger partial charge on any atom is -0.384 e. The summed E-state index contributed by atoms with van der Waals surface area (Å²) < 4.78 is 0. The lowest BCUT2D eigenvalue weighted by Gasteiger charge is -2.25. The summed E-state index contributed by atoms with van der Waals surface area (Å²) in [6.45, 7) is 9.26. The summed E-state index contributed by atoms with van der Waals surface area (Å²) in [7, 11) is 0. The predicted octanol–water partition coefficient (Wildman–Crippen LogP) is 4.92. The van der Waals surface area contributed by atoms with E-state index in [1.54, 1.807) is 19.1 Å². The molecule has 0 aromatic heterocycles. The zero-order chi connectivity index (χ0) is 15.2. The highest BCUT2D eigenvalue weighted by atomic mass is 16.6. The lowest BCUT2D eigenvalue weighted by molar-refractivity contribution is -0.385. The van der Waals surface area contributed by atoms with Crippen molar-refractivity contribution in [1.29, 1.82) is 0 Å². The summed E-state index contributed by atoms with van der Waals surface area (Å²) in [6.07, 6.45) is 4.90. The minimum atomic E-state index is -0.326. The summed E-state index contributed by atoms with van der Waals surface area (Å²) in [5.41, 5.74) is 1.90. The lowest BCUT2D eigenvalue weighted by Crippen LogP contribution is -2.23. The van der Waals surface area contributed by atoms with Gasteiger partial charge in [0.2, 0.25) is 0 Å². The molecule has 0 saturated heterocycles. The van der Waals surface area contributed by atoms with Crippen LogP contribution < -0.4 is 5.32 Å². The minimum absolute atomic E-state index is 0.179. The van der Waals surface area contributed by atoms with E-state index >= 15 is 0 Å². The van der Waals surface area contributed by atoms with Gasteiger partial charge in [-0.15, -0.1) is 0 Å². The average molecular weight is 278 g/mol. The first-order valence-corrected chi connectivity index (χ1v) is 7.34. The van der Waals surface area contributed by atoms with E-state index in [1.807, 2.05) is 6.07 Å². The van der Waals surface area contributed by atoms with E-state index in [4.69, 9.17) is 0 Å². The number of anilines is 1. The van der Waals surface area contributed by atoms with Gasteiger partial charge in [0, 0.05) is 23.9 Å². The van der Waals surface area contributed by atoms with Crippen LogP contribution >= 0.6 is 0 Å². The maximum atomic E-state index is 10.9. The standard InChI is InChI=1S/C16H26N2O2/c1-5-6-7-10-16(3,4)12-17-14-9-8-13(2)15(11-14)18(19)20/h8-9,11,17H,5-7,10,12H2,1-4H3. The Labute approximate surface area is 121 Å². The van der Waals surface area contributed by atoms with Gasteiger partial charge >= 0.3 is 0 Å². The molecule has 0 aliphatic heterocycles. The van der Waals surface area contributed by atoms with Crippen molar-refractivity contribution in [2.45, 2.75) is 53.4 Å². The van der Waals surface area contributed by atoms with Gasteiger partial charge in [-0.25, -0.2) is 0 Å². The van der Waals surface area contributed by atoms with Gasteiger partial charge in [0.25, 0.3) is 5.69 Å². The molecule has 0 atom stereocenters. The van der Waals surface area contributed by atoms with Crippen molar-refractivity contribution in [2.24, 2.45) is 5.41 Å². The zero-order valence-electron chi connectivity index (χ0n) is 13.0. The number of benzene rings is 1. The second kappa shape index (κ2) is 7.27. The van der Waals surface area contributed by atoms with E-state index in [-0.39, 0.29) is 16.0 Å². The Morgan fingerprint density at radius 3 is 2.60 bits per heavy atom. The third-order valence-corrected chi connectivity index (χ3v) is 3.63. The monoisotopic (exact) mass is 278 g/mol. The Morgan fingerprint density at radius 2 is 2.00 bits per heavy atom. The number of nitro groups is 1. The number of rotatable bonds is 8. The van der Waals surface area contributed by atoms with Crippen LogP contribution in [0.5, 0.6) is 0 Å². The molecular formula is C16H26N2O2. The van der Waals surface area contributed by atoms with E-state index in [9.17, 15) is 10.1 Å². The molecule has 0 amide bonds. The molecule has 0 aliphatic carbocycles. The van der Waals surface area contributed by atoms with Crippen molar-refractivity contribution >= 4 is 11.4 Å². The van der Waals surface area contributed by atoms with E-state index in [0.29, 0.717) is 5.56 Å². The second-order valence-corrected chi connectivity index (χ2v) is 6.23. The SMILES string of the molecule is CCCCCC(C)(C)CNc1ccc(C)c([N+](=O)[O-])c1. The quantitative estimate of drug-likeness (QED) is 0.417. The smallest absolute Gasteiger partial charge is 0.274 e. The molecule has 0 spiro atoms. The fraction of sp³-hybridized carbons (Fsp3) is 0.625. The van der Waals surface area contributed by atoms with Gasteiger partial charge in [-0.3, -0.25) is 10.1 Å². The third-order valence-electron chi connectivity index (χ3n) is 3.63. The van der Waals surface area contributed by atoms with Crippen LogP contribution in [0.2, 0.25) is 0 Å². The maximum Gasteiger partial charge on any atom is 0.274 e. The Bertz CT molecular complexity index is 456. The first-order valence-electron chi connectivity index (χ1n) is 7.34. The highest BCUT2D eigenvalue weighted by Gasteiger charge is 2.18. The van der Waals surface area contributed by atoms with Crippen LogP contribution in [0.1, 0.15) is 52.0 Å². The largest absolute Gasteiger partial charge is 0.384 e. The summed E-state index contributed by atoms with van der Waals surface area (Å²) in [5, 5.41) is 14.3. The summed E-state index contributed by atoms with van der Waals surface area (Å²) in [5.74, 6) is 0. The van der Waals surface area contributed by atoms with Gasteiger partial charge in [-0.2, -0.15) is 0 Å². The van der Waals surface area contributed by atoms with Gasteiger partial charge in [0.15, 0.2) is 0 Å².